The molecule has 0 aliphatic rings. The van der Waals surface area contributed by atoms with Crippen LogP contribution >= 0.6 is 11.5 Å². The van der Waals surface area contributed by atoms with Crippen LogP contribution in [0, 0.1) is 6.92 Å². The summed E-state index contributed by atoms with van der Waals surface area (Å²) >= 11 is 1.09. The maximum absolute atomic E-state index is 13.5. The fourth-order valence-electron chi connectivity index (χ4n) is 2.95. The van der Waals surface area contributed by atoms with Gasteiger partial charge in [-0.3, -0.25) is 19.5 Å². The van der Waals surface area contributed by atoms with Crippen molar-refractivity contribution in [3.8, 4) is 0 Å². The fraction of sp³-hybridized carbons (Fsp3) is 0.318. The minimum atomic E-state index is -0.965. The molecule has 2 heterocycles. The second-order valence-electron chi connectivity index (χ2n) is 7.69. The molecular weight excluding hydrogens is 398 g/mol. The quantitative estimate of drug-likeness (QED) is 0.622. The molecule has 1 aromatic carbocycles. The molecule has 0 saturated carbocycles. The van der Waals surface area contributed by atoms with E-state index >= 15 is 0 Å². The van der Waals surface area contributed by atoms with Crippen molar-refractivity contribution in [3.05, 3.63) is 71.0 Å². The smallest absolute Gasteiger partial charge is 0.280 e. The van der Waals surface area contributed by atoms with Crippen molar-refractivity contribution in [3.63, 3.8) is 0 Å². The van der Waals surface area contributed by atoms with Crippen molar-refractivity contribution < 1.29 is 9.59 Å². The zero-order valence-electron chi connectivity index (χ0n) is 17.5. The van der Waals surface area contributed by atoms with E-state index in [1.54, 1.807) is 35.8 Å². The van der Waals surface area contributed by atoms with Crippen molar-refractivity contribution in [2.45, 2.75) is 45.7 Å². The third kappa shape index (κ3) is 4.88. The molecule has 2 aromatic heterocycles. The molecule has 0 spiro atoms. The standard InChI is InChI=1S/C22H25N5O2S/c1-5-22(3,4)24-20(28)19(17-11-6-7-12-23-17)27(16-10-8-9-15(2)13-16)21(29)18-14-30-26-25-18/h6-14,19H,5H2,1-4H3,(H,24,28). The Bertz CT molecular complexity index is 1010. The molecule has 7 nitrogen and oxygen atoms in total. The Hall–Kier alpha value is -3.13. The zero-order valence-corrected chi connectivity index (χ0v) is 18.3. The van der Waals surface area contributed by atoms with E-state index in [0.717, 1.165) is 23.5 Å². The van der Waals surface area contributed by atoms with Crippen LogP contribution in [0.5, 0.6) is 0 Å². The SMILES string of the molecule is CCC(C)(C)NC(=O)C(c1ccccn1)N(C(=O)c1csnn1)c1cccc(C)c1. The summed E-state index contributed by atoms with van der Waals surface area (Å²) in [5, 5.41) is 8.58. The van der Waals surface area contributed by atoms with E-state index in [4.69, 9.17) is 0 Å². The lowest BCUT2D eigenvalue weighted by atomic mass is 10.00. The number of aromatic nitrogens is 3. The van der Waals surface area contributed by atoms with Gasteiger partial charge in [-0.25, -0.2) is 0 Å². The fourth-order valence-corrected chi connectivity index (χ4v) is 3.38. The van der Waals surface area contributed by atoms with Crippen LogP contribution in [0.15, 0.2) is 54.0 Å². The van der Waals surface area contributed by atoms with Gasteiger partial charge in [0.1, 0.15) is 0 Å². The van der Waals surface area contributed by atoms with Gasteiger partial charge in [-0.2, -0.15) is 0 Å². The predicted molar refractivity (Wildman–Crippen MR) is 117 cm³/mol. The predicted octanol–water partition coefficient (Wildman–Crippen LogP) is 3.93. The molecule has 2 amide bonds. The van der Waals surface area contributed by atoms with Crippen LogP contribution in [0.25, 0.3) is 0 Å². The molecule has 1 N–H and O–H groups in total. The highest BCUT2D eigenvalue weighted by Crippen LogP contribution is 2.30. The molecule has 1 unspecified atom stereocenters. The first-order valence-corrected chi connectivity index (χ1v) is 10.6. The average Bonchev–Trinajstić information content (AvgIpc) is 3.26. The number of nitrogens with one attached hydrogen (secondary N) is 1. The Balaban J connectivity index is 2.15. The highest BCUT2D eigenvalue weighted by atomic mass is 32.1. The second-order valence-corrected chi connectivity index (χ2v) is 8.30. The van der Waals surface area contributed by atoms with Crippen molar-refractivity contribution in [2.24, 2.45) is 0 Å². The molecule has 0 radical (unpaired) electrons. The number of pyridine rings is 1. The molecule has 0 aliphatic carbocycles. The first-order valence-electron chi connectivity index (χ1n) is 9.72. The summed E-state index contributed by atoms with van der Waals surface area (Å²) in [4.78, 5) is 32.9. The van der Waals surface area contributed by atoms with Gasteiger partial charge in [0.2, 0.25) is 5.91 Å². The number of carbonyl (C=O) groups excluding carboxylic acids is 2. The lowest BCUT2D eigenvalue weighted by Gasteiger charge is -2.33. The summed E-state index contributed by atoms with van der Waals surface area (Å²) in [6, 6.07) is 11.8. The van der Waals surface area contributed by atoms with Gasteiger partial charge in [0, 0.05) is 22.8 Å². The molecule has 0 saturated heterocycles. The van der Waals surface area contributed by atoms with E-state index in [1.807, 2.05) is 45.9 Å². The molecule has 3 aromatic rings. The zero-order chi connectivity index (χ0) is 21.7. The van der Waals surface area contributed by atoms with E-state index in [1.165, 1.54) is 4.90 Å². The first kappa shape index (κ1) is 21.6. The van der Waals surface area contributed by atoms with Crippen molar-refractivity contribution >= 4 is 29.0 Å². The van der Waals surface area contributed by atoms with Gasteiger partial charge < -0.3 is 5.32 Å². The minimum Gasteiger partial charge on any atom is -0.349 e. The summed E-state index contributed by atoms with van der Waals surface area (Å²) in [5.41, 5.74) is 1.78. The van der Waals surface area contributed by atoms with Crippen molar-refractivity contribution in [2.75, 3.05) is 4.90 Å². The first-order chi connectivity index (χ1) is 14.3. The third-order valence-electron chi connectivity index (χ3n) is 4.90. The van der Waals surface area contributed by atoms with Gasteiger partial charge in [0.05, 0.1) is 5.69 Å². The molecule has 156 valence electrons. The number of hydrogen-bond acceptors (Lipinski definition) is 6. The molecule has 30 heavy (non-hydrogen) atoms. The van der Waals surface area contributed by atoms with Crippen molar-refractivity contribution in [1.82, 2.24) is 19.9 Å². The number of nitrogens with zero attached hydrogens (tertiary/aromatic N) is 4. The van der Waals surface area contributed by atoms with Gasteiger partial charge in [0.15, 0.2) is 11.7 Å². The Morgan fingerprint density at radius 3 is 2.60 bits per heavy atom. The summed E-state index contributed by atoms with van der Waals surface area (Å²) < 4.78 is 3.81. The van der Waals surface area contributed by atoms with Gasteiger partial charge >= 0.3 is 0 Å². The number of hydrogen-bond donors (Lipinski definition) is 1. The monoisotopic (exact) mass is 423 g/mol. The van der Waals surface area contributed by atoms with Crippen LogP contribution < -0.4 is 10.2 Å². The van der Waals surface area contributed by atoms with E-state index < -0.39 is 17.5 Å². The molecule has 3 rings (SSSR count). The number of anilines is 1. The highest BCUT2D eigenvalue weighted by Gasteiger charge is 2.37. The van der Waals surface area contributed by atoms with Crippen LogP contribution in [-0.2, 0) is 4.79 Å². The molecule has 1 atom stereocenters. The van der Waals surface area contributed by atoms with E-state index in [-0.39, 0.29) is 11.6 Å². The second kappa shape index (κ2) is 9.13. The molecule has 8 heteroatoms. The van der Waals surface area contributed by atoms with Crippen LogP contribution in [0.2, 0.25) is 0 Å². The van der Waals surface area contributed by atoms with E-state index in [9.17, 15) is 9.59 Å². The summed E-state index contributed by atoms with van der Waals surface area (Å²) in [6.45, 7) is 7.83. The van der Waals surface area contributed by atoms with Gasteiger partial charge in [-0.15, -0.1) is 5.10 Å². The van der Waals surface area contributed by atoms with Crippen LogP contribution in [-0.4, -0.2) is 31.9 Å². The Labute approximate surface area is 180 Å². The largest absolute Gasteiger partial charge is 0.349 e. The van der Waals surface area contributed by atoms with Gasteiger partial charge in [-0.05, 0) is 68.6 Å². The van der Waals surface area contributed by atoms with Crippen LogP contribution in [0.1, 0.15) is 55.0 Å². The lowest BCUT2D eigenvalue weighted by molar-refractivity contribution is -0.124. The summed E-state index contributed by atoms with van der Waals surface area (Å²) in [7, 11) is 0. The molecule has 0 bridgehead atoms. The highest BCUT2D eigenvalue weighted by molar-refractivity contribution is 7.03. The van der Waals surface area contributed by atoms with E-state index in [2.05, 4.69) is 19.9 Å². The molecule has 0 aliphatic heterocycles. The Morgan fingerprint density at radius 1 is 1.20 bits per heavy atom. The minimum absolute atomic E-state index is 0.185. The number of rotatable bonds is 7. The number of aryl methyl sites for hydroxylation is 1. The van der Waals surface area contributed by atoms with E-state index in [0.29, 0.717) is 11.4 Å². The normalized spacial score (nSPS) is 12.3. The number of amides is 2. The summed E-state index contributed by atoms with van der Waals surface area (Å²) in [5.74, 6) is -0.715. The van der Waals surface area contributed by atoms with Crippen molar-refractivity contribution in [1.29, 1.82) is 0 Å². The summed E-state index contributed by atoms with van der Waals surface area (Å²) in [6.07, 6.45) is 2.35. The average molecular weight is 424 g/mol. The van der Waals surface area contributed by atoms with Gasteiger partial charge in [0.25, 0.3) is 5.91 Å². The third-order valence-corrected chi connectivity index (χ3v) is 5.40. The Morgan fingerprint density at radius 2 is 2.00 bits per heavy atom. The molecule has 0 fully saturated rings. The van der Waals surface area contributed by atoms with Crippen LogP contribution in [0.4, 0.5) is 5.69 Å². The number of benzene rings is 1. The maximum Gasteiger partial charge on any atom is 0.280 e. The lowest BCUT2D eigenvalue weighted by Crippen LogP contribution is -2.50. The Kier molecular flexibility index (Phi) is 6.56. The maximum atomic E-state index is 13.5. The van der Waals surface area contributed by atoms with Gasteiger partial charge in [-0.1, -0.05) is 29.6 Å². The van der Waals surface area contributed by atoms with Crippen LogP contribution in [0.3, 0.4) is 0 Å². The number of carbonyl (C=O) groups is 2. The molecular formula is C22H25N5O2S. The topological polar surface area (TPSA) is 88.1 Å².